The summed E-state index contributed by atoms with van der Waals surface area (Å²) in [4.78, 5) is 25.3. The van der Waals surface area contributed by atoms with Crippen LogP contribution < -0.4 is 14.5 Å². The fourth-order valence-corrected chi connectivity index (χ4v) is 3.71. The van der Waals surface area contributed by atoms with E-state index in [1.165, 1.54) is 18.4 Å². The lowest BCUT2D eigenvalue weighted by Crippen LogP contribution is -2.37. The van der Waals surface area contributed by atoms with Crippen molar-refractivity contribution in [2.24, 2.45) is 0 Å². The Balaban J connectivity index is 1.52. The predicted molar refractivity (Wildman–Crippen MR) is 89.5 cm³/mol. The Labute approximate surface area is 140 Å². The molecule has 3 heterocycles. The van der Waals surface area contributed by atoms with Crippen molar-refractivity contribution in [3.8, 4) is 5.88 Å². The molecule has 2 amide bonds. The van der Waals surface area contributed by atoms with Gasteiger partial charge in [-0.2, -0.15) is 0 Å². The zero-order valence-electron chi connectivity index (χ0n) is 13.4. The highest BCUT2D eigenvalue weighted by Crippen LogP contribution is 2.50. The first-order valence-electron chi connectivity index (χ1n) is 8.34. The number of aromatic nitrogens is 2. The SMILES string of the molecule is COc1cc(N2C(=O)N(c3cnccc3C3CC3)[C@H]3C[C@@H]32)ccn1. The van der Waals surface area contributed by atoms with Crippen molar-refractivity contribution >= 4 is 17.4 Å². The monoisotopic (exact) mass is 322 g/mol. The molecule has 2 aromatic rings. The summed E-state index contributed by atoms with van der Waals surface area (Å²) < 4.78 is 5.20. The Kier molecular flexibility index (Phi) is 2.83. The molecule has 0 spiro atoms. The maximum absolute atomic E-state index is 13.1. The van der Waals surface area contributed by atoms with Gasteiger partial charge in [-0.1, -0.05) is 0 Å². The molecule has 122 valence electrons. The lowest BCUT2D eigenvalue weighted by atomic mass is 10.1. The van der Waals surface area contributed by atoms with Crippen molar-refractivity contribution in [2.45, 2.75) is 37.3 Å². The Hall–Kier alpha value is -2.63. The highest BCUT2D eigenvalue weighted by Gasteiger charge is 2.58. The molecule has 1 saturated heterocycles. The van der Waals surface area contributed by atoms with Gasteiger partial charge in [0.05, 0.1) is 36.8 Å². The standard InChI is InChI=1S/C18H18N4O2/c1-24-17-8-12(4-7-20-17)21-14-9-15(14)22(18(21)23)16-10-19-6-5-13(16)11-2-3-11/h4-8,10-11,14-15H,2-3,9H2,1H3/t14-,15-/m0/s1. The molecule has 0 N–H and O–H groups in total. The molecule has 3 aliphatic rings. The number of pyridine rings is 2. The van der Waals surface area contributed by atoms with Crippen LogP contribution >= 0.6 is 0 Å². The summed E-state index contributed by atoms with van der Waals surface area (Å²) in [6.45, 7) is 0. The van der Waals surface area contributed by atoms with E-state index in [2.05, 4.69) is 16.0 Å². The second-order valence-electron chi connectivity index (χ2n) is 6.66. The number of fused-ring (bicyclic) bond motifs is 1. The lowest BCUT2D eigenvalue weighted by Gasteiger charge is -2.25. The molecule has 6 nitrogen and oxygen atoms in total. The third-order valence-electron chi connectivity index (χ3n) is 5.11. The number of rotatable bonds is 4. The average Bonchev–Trinajstić information content (AvgIpc) is 3.53. The van der Waals surface area contributed by atoms with Crippen LogP contribution in [0.3, 0.4) is 0 Å². The average molecular weight is 322 g/mol. The number of anilines is 2. The van der Waals surface area contributed by atoms with Gasteiger partial charge in [0.1, 0.15) is 0 Å². The zero-order valence-corrected chi connectivity index (χ0v) is 13.4. The van der Waals surface area contributed by atoms with Gasteiger partial charge in [-0.25, -0.2) is 9.78 Å². The van der Waals surface area contributed by atoms with E-state index in [1.54, 1.807) is 13.3 Å². The summed E-state index contributed by atoms with van der Waals surface area (Å²) in [6, 6.07) is 6.26. The van der Waals surface area contributed by atoms with Crippen molar-refractivity contribution in [1.82, 2.24) is 9.97 Å². The smallest absolute Gasteiger partial charge is 0.329 e. The van der Waals surface area contributed by atoms with Crippen LogP contribution in [0.5, 0.6) is 5.88 Å². The van der Waals surface area contributed by atoms with Crippen LogP contribution in [0.2, 0.25) is 0 Å². The minimum atomic E-state index is 0.0272. The molecule has 0 radical (unpaired) electrons. The number of carbonyl (C=O) groups is 1. The predicted octanol–water partition coefficient (Wildman–Crippen LogP) is 2.95. The molecule has 3 fully saturated rings. The van der Waals surface area contributed by atoms with E-state index in [4.69, 9.17) is 4.74 Å². The van der Waals surface area contributed by atoms with Crippen LogP contribution in [0.25, 0.3) is 0 Å². The molecule has 6 heteroatoms. The molecule has 2 saturated carbocycles. The molecule has 0 bridgehead atoms. The number of hydrogen-bond acceptors (Lipinski definition) is 4. The normalized spacial score (nSPS) is 25.0. The van der Waals surface area contributed by atoms with Gasteiger partial charge >= 0.3 is 6.03 Å². The minimum Gasteiger partial charge on any atom is -0.481 e. The van der Waals surface area contributed by atoms with E-state index in [9.17, 15) is 4.79 Å². The summed E-state index contributed by atoms with van der Waals surface area (Å²) in [5.41, 5.74) is 3.10. The number of hydrogen-bond donors (Lipinski definition) is 0. The summed E-state index contributed by atoms with van der Waals surface area (Å²) in [5.74, 6) is 1.11. The Bertz CT molecular complexity index is 820. The topological polar surface area (TPSA) is 58.6 Å². The maximum Gasteiger partial charge on any atom is 0.329 e. The molecule has 2 aromatic heterocycles. The van der Waals surface area contributed by atoms with E-state index in [1.807, 2.05) is 34.3 Å². The molecule has 2 atom stereocenters. The van der Waals surface area contributed by atoms with Crippen LogP contribution in [0.15, 0.2) is 36.8 Å². The first kappa shape index (κ1) is 13.8. The molecular weight excluding hydrogens is 304 g/mol. The van der Waals surface area contributed by atoms with Crippen LogP contribution in [0.1, 0.15) is 30.7 Å². The number of amides is 2. The largest absolute Gasteiger partial charge is 0.481 e. The number of ether oxygens (including phenoxy) is 1. The molecule has 5 rings (SSSR count). The summed E-state index contributed by atoms with van der Waals surface area (Å²) >= 11 is 0. The van der Waals surface area contributed by atoms with Crippen LogP contribution in [-0.2, 0) is 0 Å². The lowest BCUT2D eigenvalue weighted by molar-refractivity contribution is 0.254. The molecular formula is C18H18N4O2. The summed E-state index contributed by atoms with van der Waals surface area (Å²) in [6.07, 6.45) is 8.76. The van der Waals surface area contributed by atoms with E-state index in [-0.39, 0.29) is 18.1 Å². The van der Waals surface area contributed by atoms with Crippen molar-refractivity contribution in [3.05, 3.63) is 42.4 Å². The van der Waals surface area contributed by atoms with Crippen LogP contribution in [0, 0.1) is 0 Å². The van der Waals surface area contributed by atoms with Crippen molar-refractivity contribution in [2.75, 3.05) is 16.9 Å². The quantitative estimate of drug-likeness (QED) is 0.868. The van der Waals surface area contributed by atoms with Gasteiger partial charge in [0, 0.05) is 18.5 Å². The van der Waals surface area contributed by atoms with Gasteiger partial charge in [-0.05, 0) is 42.9 Å². The Morgan fingerprint density at radius 1 is 1.17 bits per heavy atom. The third kappa shape index (κ3) is 1.99. The van der Waals surface area contributed by atoms with Gasteiger partial charge in [-0.3, -0.25) is 14.8 Å². The number of methoxy groups -OCH3 is 1. The second-order valence-corrected chi connectivity index (χ2v) is 6.66. The van der Waals surface area contributed by atoms with E-state index >= 15 is 0 Å². The first-order chi connectivity index (χ1) is 11.8. The van der Waals surface area contributed by atoms with Gasteiger partial charge in [0.25, 0.3) is 0 Å². The van der Waals surface area contributed by atoms with Gasteiger partial charge in [-0.15, -0.1) is 0 Å². The Morgan fingerprint density at radius 3 is 2.79 bits per heavy atom. The fraction of sp³-hybridized carbons (Fsp3) is 0.389. The summed E-state index contributed by atoms with van der Waals surface area (Å²) in [7, 11) is 1.59. The molecule has 1 aliphatic heterocycles. The maximum atomic E-state index is 13.1. The summed E-state index contributed by atoms with van der Waals surface area (Å²) in [5, 5.41) is 0. The van der Waals surface area contributed by atoms with Gasteiger partial charge in [0.2, 0.25) is 5.88 Å². The molecule has 0 unspecified atom stereocenters. The third-order valence-corrected chi connectivity index (χ3v) is 5.11. The van der Waals surface area contributed by atoms with Crippen molar-refractivity contribution in [1.29, 1.82) is 0 Å². The Morgan fingerprint density at radius 2 is 2.00 bits per heavy atom. The van der Waals surface area contributed by atoms with Crippen LogP contribution in [0.4, 0.5) is 16.2 Å². The van der Waals surface area contributed by atoms with E-state index in [0.717, 1.165) is 17.8 Å². The second kappa shape index (κ2) is 4.93. The minimum absolute atomic E-state index is 0.0272. The molecule has 24 heavy (non-hydrogen) atoms. The van der Waals surface area contributed by atoms with Gasteiger partial charge < -0.3 is 4.74 Å². The highest BCUT2D eigenvalue weighted by atomic mass is 16.5. The number of carbonyl (C=O) groups excluding carboxylic acids is 1. The first-order valence-corrected chi connectivity index (χ1v) is 8.34. The fourth-order valence-electron chi connectivity index (χ4n) is 3.71. The van der Waals surface area contributed by atoms with Crippen molar-refractivity contribution < 1.29 is 9.53 Å². The molecule has 2 aliphatic carbocycles. The van der Waals surface area contributed by atoms with Crippen molar-refractivity contribution in [3.63, 3.8) is 0 Å². The highest BCUT2D eigenvalue weighted by molar-refractivity contribution is 6.09. The number of nitrogens with zero attached hydrogens (tertiary/aromatic N) is 4. The zero-order chi connectivity index (χ0) is 16.3. The number of urea groups is 1. The molecule has 0 aromatic carbocycles. The van der Waals surface area contributed by atoms with Crippen LogP contribution in [-0.4, -0.2) is 35.2 Å². The van der Waals surface area contributed by atoms with E-state index in [0.29, 0.717) is 11.8 Å². The van der Waals surface area contributed by atoms with E-state index < -0.39 is 0 Å². The van der Waals surface area contributed by atoms with Gasteiger partial charge in [0.15, 0.2) is 0 Å².